The van der Waals surface area contributed by atoms with Crippen molar-refractivity contribution in [3.8, 4) is 6.07 Å². The van der Waals surface area contributed by atoms with Gasteiger partial charge in [0, 0.05) is 18.0 Å². The van der Waals surface area contributed by atoms with Crippen molar-refractivity contribution < 1.29 is 4.79 Å². The number of hydrogen-bond acceptors (Lipinski definition) is 4. The predicted octanol–water partition coefficient (Wildman–Crippen LogP) is 5.03. The van der Waals surface area contributed by atoms with Gasteiger partial charge in [-0.15, -0.1) is 0 Å². The van der Waals surface area contributed by atoms with Crippen LogP contribution in [0.3, 0.4) is 0 Å². The summed E-state index contributed by atoms with van der Waals surface area (Å²) < 4.78 is 0. The summed E-state index contributed by atoms with van der Waals surface area (Å²) >= 11 is 1.59. The second kappa shape index (κ2) is 8.34. The monoisotopic (exact) mass is 403 g/mol. The van der Waals surface area contributed by atoms with Crippen LogP contribution in [0.5, 0.6) is 0 Å². The smallest absolute Gasteiger partial charge is 0.229 e. The molecule has 2 aliphatic heterocycles. The molecule has 2 aromatic carbocycles. The maximum absolute atomic E-state index is 13.0. The summed E-state index contributed by atoms with van der Waals surface area (Å²) in [6.45, 7) is 4.77. The van der Waals surface area contributed by atoms with Crippen LogP contribution in [-0.2, 0) is 17.6 Å². The Labute approximate surface area is 176 Å². The van der Waals surface area contributed by atoms with Gasteiger partial charge in [0.15, 0.2) is 0 Å². The van der Waals surface area contributed by atoms with Crippen LogP contribution in [0, 0.1) is 11.3 Å². The summed E-state index contributed by atoms with van der Waals surface area (Å²) in [4.78, 5) is 17.0. The zero-order valence-electron chi connectivity index (χ0n) is 16.9. The third-order valence-electron chi connectivity index (χ3n) is 5.79. The van der Waals surface area contributed by atoms with Crippen LogP contribution in [0.2, 0.25) is 0 Å². The van der Waals surface area contributed by atoms with Gasteiger partial charge in [-0.3, -0.25) is 9.69 Å². The lowest BCUT2D eigenvalue weighted by Crippen LogP contribution is -2.47. The van der Waals surface area contributed by atoms with E-state index in [0.717, 1.165) is 40.6 Å². The Morgan fingerprint density at radius 2 is 1.66 bits per heavy atom. The second-order valence-corrected chi connectivity index (χ2v) is 8.41. The fourth-order valence-electron chi connectivity index (χ4n) is 3.94. The van der Waals surface area contributed by atoms with Crippen LogP contribution < -0.4 is 4.90 Å². The Morgan fingerprint density at radius 1 is 1.03 bits per heavy atom. The number of thioether (sulfide) groups is 1. The molecule has 2 aliphatic rings. The minimum Gasteiger partial charge on any atom is -0.344 e. The zero-order valence-corrected chi connectivity index (χ0v) is 17.7. The van der Waals surface area contributed by atoms with Crippen molar-refractivity contribution in [2.24, 2.45) is 0 Å². The summed E-state index contributed by atoms with van der Waals surface area (Å²) in [5.74, 6) is 0.676. The van der Waals surface area contributed by atoms with E-state index in [9.17, 15) is 10.1 Å². The molecule has 2 heterocycles. The molecular weight excluding hydrogens is 378 g/mol. The predicted molar refractivity (Wildman–Crippen MR) is 118 cm³/mol. The van der Waals surface area contributed by atoms with Gasteiger partial charge in [-0.25, -0.2) is 0 Å². The molecule has 1 saturated heterocycles. The van der Waals surface area contributed by atoms with E-state index in [1.165, 1.54) is 11.1 Å². The van der Waals surface area contributed by atoms with Crippen LogP contribution in [0.15, 0.2) is 59.1 Å². The van der Waals surface area contributed by atoms with Crippen LogP contribution in [-0.4, -0.2) is 23.4 Å². The molecule has 0 N–H and O–H groups in total. The number of allylic oxidation sites excluding steroid dienone is 1. The van der Waals surface area contributed by atoms with Gasteiger partial charge in [0.25, 0.3) is 0 Å². The van der Waals surface area contributed by atoms with Crippen LogP contribution in [0.4, 0.5) is 5.69 Å². The average molecular weight is 404 g/mol. The molecule has 5 heteroatoms. The van der Waals surface area contributed by atoms with E-state index in [2.05, 4.69) is 73.3 Å². The number of amides is 1. The van der Waals surface area contributed by atoms with E-state index in [4.69, 9.17) is 0 Å². The molecule has 1 atom stereocenters. The highest BCUT2D eigenvalue weighted by molar-refractivity contribution is 8.03. The fraction of sp³-hybridized carbons (Fsp3) is 0.333. The van der Waals surface area contributed by atoms with E-state index in [1.807, 2.05) is 0 Å². The van der Waals surface area contributed by atoms with E-state index in [-0.39, 0.29) is 11.8 Å². The third-order valence-corrected chi connectivity index (χ3v) is 6.95. The standard InChI is InChI=1S/C24H25N3OS/c1-3-17-5-9-19(10-6-17)21-13-23(28)27-15-26(16-29-24(27)22(21)14-25)20-11-7-18(4-2)8-12-20/h5-12,21H,3-4,13,15-16H2,1-2H3/t21-/m0/s1. The number of fused-ring (bicyclic) bond motifs is 1. The minimum atomic E-state index is -0.146. The summed E-state index contributed by atoms with van der Waals surface area (Å²) in [5, 5.41) is 10.7. The molecule has 0 saturated carbocycles. The van der Waals surface area contributed by atoms with Gasteiger partial charge in [0.1, 0.15) is 0 Å². The summed E-state index contributed by atoms with van der Waals surface area (Å²) in [6, 6.07) is 19.3. The fourth-order valence-corrected chi connectivity index (χ4v) is 5.11. The third kappa shape index (κ3) is 3.77. The first kappa shape index (κ1) is 19.6. The summed E-state index contributed by atoms with van der Waals surface area (Å²) in [5.41, 5.74) is 5.45. The zero-order chi connectivity index (χ0) is 20.4. The maximum atomic E-state index is 13.0. The molecule has 4 nitrogen and oxygen atoms in total. The molecule has 2 aromatic rings. The Morgan fingerprint density at radius 3 is 2.24 bits per heavy atom. The summed E-state index contributed by atoms with van der Waals surface area (Å²) in [7, 11) is 0. The molecule has 4 rings (SSSR count). The number of hydrogen-bond donors (Lipinski definition) is 0. The second-order valence-electron chi connectivity index (χ2n) is 7.48. The number of aryl methyl sites for hydroxylation is 2. The van der Waals surface area contributed by atoms with Gasteiger partial charge < -0.3 is 4.90 Å². The first-order chi connectivity index (χ1) is 14.1. The van der Waals surface area contributed by atoms with Crippen molar-refractivity contribution in [3.63, 3.8) is 0 Å². The van der Waals surface area contributed by atoms with Crippen molar-refractivity contribution in [2.45, 2.75) is 39.0 Å². The Kier molecular flexibility index (Phi) is 5.64. The van der Waals surface area contributed by atoms with Gasteiger partial charge in [-0.1, -0.05) is 62.0 Å². The number of benzene rings is 2. The van der Waals surface area contributed by atoms with Gasteiger partial charge in [0.2, 0.25) is 5.91 Å². The van der Waals surface area contributed by atoms with Crippen LogP contribution in [0.25, 0.3) is 0 Å². The van der Waals surface area contributed by atoms with Gasteiger partial charge in [-0.05, 0) is 41.7 Å². The van der Waals surface area contributed by atoms with Gasteiger partial charge in [-0.2, -0.15) is 5.26 Å². The van der Waals surface area contributed by atoms with E-state index < -0.39 is 0 Å². The molecule has 29 heavy (non-hydrogen) atoms. The highest BCUT2D eigenvalue weighted by Gasteiger charge is 2.38. The molecule has 148 valence electrons. The lowest BCUT2D eigenvalue weighted by Gasteiger charge is -2.42. The normalized spacial score (nSPS) is 19.2. The SMILES string of the molecule is CCc1ccc([C@@H]2CC(=O)N3CN(c4ccc(CC)cc4)CSC3=C2C#N)cc1. The topological polar surface area (TPSA) is 47.3 Å². The molecule has 0 radical (unpaired) electrons. The maximum Gasteiger partial charge on any atom is 0.229 e. The number of carbonyl (C=O) groups is 1. The minimum absolute atomic E-state index is 0.0888. The number of nitriles is 1. The largest absolute Gasteiger partial charge is 0.344 e. The Hall–Kier alpha value is -2.71. The molecule has 1 fully saturated rings. The summed E-state index contributed by atoms with van der Waals surface area (Å²) in [6.07, 6.45) is 2.34. The van der Waals surface area contributed by atoms with Crippen molar-refractivity contribution in [1.29, 1.82) is 5.26 Å². The molecule has 0 unspecified atom stereocenters. The highest BCUT2D eigenvalue weighted by Crippen LogP contribution is 2.43. The Bertz CT molecular complexity index is 973. The first-order valence-corrected chi connectivity index (χ1v) is 11.1. The lowest BCUT2D eigenvalue weighted by atomic mass is 9.86. The van der Waals surface area contributed by atoms with Crippen LogP contribution in [0.1, 0.15) is 42.9 Å². The number of rotatable bonds is 4. The van der Waals surface area contributed by atoms with Crippen LogP contribution >= 0.6 is 11.8 Å². The number of carbonyl (C=O) groups excluding carboxylic acids is 1. The average Bonchev–Trinajstić information content (AvgIpc) is 2.79. The molecule has 0 aliphatic carbocycles. The highest BCUT2D eigenvalue weighted by atomic mass is 32.2. The van der Waals surface area contributed by atoms with E-state index in [1.54, 1.807) is 16.7 Å². The molecule has 0 bridgehead atoms. The first-order valence-electron chi connectivity index (χ1n) is 10.1. The van der Waals surface area contributed by atoms with Crippen molar-refractivity contribution in [1.82, 2.24) is 4.90 Å². The van der Waals surface area contributed by atoms with Crippen molar-refractivity contribution >= 4 is 23.4 Å². The molecule has 0 spiro atoms. The van der Waals surface area contributed by atoms with Gasteiger partial charge in [0.05, 0.1) is 29.2 Å². The van der Waals surface area contributed by atoms with Crippen molar-refractivity contribution in [2.75, 3.05) is 17.4 Å². The molecule has 1 amide bonds. The van der Waals surface area contributed by atoms with Gasteiger partial charge >= 0.3 is 0 Å². The molecular formula is C24H25N3OS. The number of anilines is 1. The van der Waals surface area contributed by atoms with Crippen molar-refractivity contribution in [3.05, 3.63) is 75.8 Å². The Balaban J connectivity index is 1.61. The quantitative estimate of drug-likeness (QED) is 0.718. The van der Waals surface area contributed by atoms with E-state index >= 15 is 0 Å². The number of nitrogens with zero attached hydrogens (tertiary/aromatic N) is 3. The lowest BCUT2D eigenvalue weighted by molar-refractivity contribution is -0.129. The molecule has 0 aromatic heterocycles. The van der Waals surface area contributed by atoms with E-state index in [0.29, 0.717) is 13.1 Å².